The standard InChI is InChI=1S/C10H14N2O2S/c1-15-8-4-2-7(3-5-8)12-9(6-13)10(11)14/h2-5,9,12-13H,6H2,1H3,(H2,11,14)/t9-/m0/s1. The molecule has 0 radical (unpaired) electrons. The molecule has 1 amide bonds. The van der Waals surface area contributed by atoms with Gasteiger partial charge in [-0.05, 0) is 30.5 Å². The fourth-order valence-electron chi connectivity index (χ4n) is 1.10. The Morgan fingerprint density at radius 1 is 1.53 bits per heavy atom. The second-order valence-corrected chi connectivity index (χ2v) is 3.89. The summed E-state index contributed by atoms with van der Waals surface area (Å²) in [6, 6.07) is 6.82. The van der Waals surface area contributed by atoms with Crippen molar-refractivity contribution in [3.05, 3.63) is 24.3 Å². The first kappa shape index (κ1) is 11.9. The molecule has 0 heterocycles. The first-order valence-electron chi connectivity index (χ1n) is 4.48. The summed E-state index contributed by atoms with van der Waals surface area (Å²) in [5.74, 6) is -0.563. The fourth-order valence-corrected chi connectivity index (χ4v) is 1.50. The van der Waals surface area contributed by atoms with Crippen LogP contribution in [0.25, 0.3) is 0 Å². The average molecular weight is 226 g/mol. The molecule has 0 spiro atoms. The fraction of sp³-hybridized carbons (Fsp3) is 0.300. The molecule has 1 rings (SSSR count). The quantitative estimate of drug-likeness (QED) is 0.645. The minimum atomic E-state index is -0.731. The molecule has 5 heteroatoms. The maximum absolute atomic E-state index is 10.9. The van der Waals surface area contributed by atoms with Gasteiger partial charge in [0.25, 0.3) is 0 Å². The second-order valence-electron chi connectivity index (χ2n) is 3.01. The summed E-state index contributed by atoms with van der Waals surface area (Å²) < 4.78 is 0. The molecular formula is C10H14N2O2S. The molecule has 0 aromatic heterocycles. The Hall–Kier alpha value is -1.20. The summed E-state index contributed by atoms with van der Waals surface area (Å²) in [7, 11) is 0. The zero-order valence-corrected chi connectivity index (χ0v) is 9.25. The van der Waals surface area contributed by atoms with Crippen LogP contribution in [0, 0.1) is 0 Å². The van der Waals surface area contributed by atoms with E-state index >= 15 is 0 Å². The summed E-state index contributed by atoms with van der Waals surface area (Å²) in [6.07, 6.45) is 1.99. The van der Waals surface area contributed by atoms with Crippen LogP contribution in [0.4, 0.5) is 5.69 Å². The molecule has 0 bridgehead atoms. The van der Waals surface area contributed by atoms with E-state index in [-0.39, 0.29) is 6.61 Å². The number of primary amides is 1. The van der Waals surface area contributed by atoms with Crippen molar-refractivity contribution < 1.29 is 9.90 Å². The maximum atomic E-state index is 10.9. The highest BCUT2D eigenvalue weighted by molar-refractivity contribution is 7.98. The van der Waals surface area contributed by atoms with Crippen molar-refractivity contribution in [1.29, 1.82) is 0 Å². The Morgan fingerprint density at radius 3 is 2.53 bits per heavy atom. The van der Waals surface area contributed by atoms with E-state index in [9.17, 15) is 4.79 Å². The zero-order chi connectivity index (χ0) is 11.3. The van der Waals surface area contributed by atoms with Crippen LogP contribution in [-0.4, -0.2) is 29.9 Å². The van der Waals surface area contributed by atoms with Gasteiger partial charge in [-0.3, -0.25) is 4.79 Å². The summed E-state index contributed by atoms with van der Waals surface area (Å²) in [5.41, 5.74) is 5.85. The third kappa shape index (κ3) is 3.45. The highest BCUT2D eigenvalue weighted by atomic mass is 32.2. The van der Waals surface area contributed by atoms with Gasteiger partial charge in [-0.1, -0.05) is 0 Å². The van der Waals surface area contributed by atoms with E-state index in [1.165, 1.54) is 0 Å². The lowest BCUT2D eigenvalue weighted by Gasteiger charge is -2.13. The van der Waals surface area contributed by atoms with Gasteiger partial charge in [0.2, 0.25) is 5.91 Å². The van der Waals surface area contributed by atoms with Gasteiger partial charge in [-0.2, -0.15) is 0 Å². The molecule has 4 nitrogen and oxygen atoms in total. The summed E-state index contributed by atoms with van der Waals surface area (Å²) in [6.45, 7) is -0.306. The monoisotopic (exact) mass is 226 g/mol. The molecule has 0 aliphatic heterocycles. The third-order valence-corrected chi connectivity index (χ3v) is 2.70. The Bertz CT molecular complexity index is 327. The predicted molar refractivity (Wildman–Crippen MR) is 61.9 cm³/mol. The molecule has 0 saturated heterocycles. The number of rotatable bonds is 5. The Balaban J connectivity index is 2.67. The highest BCUT2D eigenvalue weighted by Crippen LogP contribution is 2.17. The number of thioether (sulfide) groups is 1. The van der Waals surface area contributed by atoms with Crippen LogP contribution in [0.3, 0.4) is 0 Å². The van der Waals surface area contributed by atoms with Crippen molar-refractivity contribution in [2.24, 2.45) is 5.73 Å². The van der Waals surface area contributed by atoms with Crippen LogP contribution in [-0.2, 0) is 4.79 Å². The summed E-state index contributed by atoms with van der Waals surface area (Å²) >= 11 is 1.64. The molecule has 0 aliphatic carbocycles. The van der Waals surface area contributed by atoms with Crippen molar-refractivity contribution in [1.82, 2.24) is 0 Å². The Labute approximate surface area is 92.9 Å². The number of aliphatic hydroxyl groups excluding tert-OH is 1. The number of hydrogen-bond donors (Lipinski definition) is 3. The minimum Gasteiger partial charge on any atom is -0.394 e. The number of nitrogens with one attached hydrogen (secondary N) is 1. The molecule has 4 N–H and O–H groups in total. The van der Waals surface area contributed by atoms with Crippen LogP contribution in [0.15, 0.2) is 29.2 Å². The summed E-state index contributed by atoms with van der Waals surface area (Å²) in [5, 5.41) is 11.7. The molecule has 1 atom stereocenters. The van der Waals surface area contributed by atoms with E-state index < -0.39 is 11.9 Å². The van der Waals surface area contributed by atoms with E-state index in [1.807, 2.05) is 30.5 Å². The topological polar surface area (TPSA) is 75.3 Å². The van der Waals surface area contributed by atoms with Crippen molar-refractivity contribution in [2.75, 3.05) is 18.2 Å². The van der Waals surface area contributed by atoms with Gasteiger partial charge in [0.15, 0.2) is 0 Å². The normalized spacial score (nSPS) is 12.1. The van der Waals surface area contributed by atoms with Gasteiger partial charge in [0.05, 0.1) is 6.61 Å². The second kappa shape index (κ2) is 5.63. The number of hydrogen-bond acceptors (Lipinski definition) is 4. The number of nitrogens with two attached hydrogens (primary N) is 1. The molecule has 0 fully saturated rings. The van der Waals surface area contributed by atoms with Crippen LogP contribution in [0.5, 0.6) is 0 Å². The average Bonchev–Trinajstić information content (AvgIpc) is 2.26. The van der Waals surface area contributed by atoms with Crippen molar-refractivity contribution in [3.63, 3.8) is 0 Å². The smallest absolute Gasteiger partial charge is 0.242 e. The van der Waals surface area contributed by atoms with Crippen LogP contribution >= 0.6 is 11.8 Å². The number of benzene rings is 1. The van der Waals surface area contributed by atoms with Crippen molar-refractivity contribution in [3.8, 4) is 0 Å². The number of carbonyl (C=O) groups is 1. The number of anilines is 1. The minimum absolute atomic E-state index is 0.306. The van der Waals surface area contributed by atoms with E-state index in [1.54, 1.807) is 11.8 Å². The van der Waals surface area contributed by atoms with Crippen LogP contribution in [0.1, 0.15) is 0 Å². The molecule has 1 aromatic rings. The lowest BCUT2D eigenvalue weighted by atomic mass is 10.2. The highest BCUT2D eigenvalue weighted by Gasteiger charge is 2.12. The zero-order valence-electron chi connectivity index (χ0n) is 8.43. The van der Waals surface area contributed by atoms with Crippen molar-refractivity contribution in [2.45, 2.75) is 10.9 Å². The van der Waals surface area contributed by atoms with E-state index in [0.29, 0.717) is 0 Å². The lowest BCUT2D eigenvalue weighted by molar-refractivity contribution is -0.119. The van der Waals surface area contributed by atoms with E-state index in [4.69, 9.17) is 10.8 Å². The first-order chi connectivity index (χ1) is 7.17. The number of amides is 1. The van der Waals surface area contributed by atoms with Gasteiger partial charge in [-0.15, -0.1) is 11.8 Å². The maximum Gasteiger partial charge on any atom is 0.242 e. The van der Waals surface area contributed by atoms with E-state index in [0.717, 1.165) is 10.6 Å². The first-order valence-corrected chi connectivity index (χ1v) is 5.70. The van der Waals surface area contributed by atoms with Crippen LogP contribution in [0.2, 0.25) is 0 Å². The third-order valence-electron chi connectivity index (χ3n) is 1.96. The predicted octanol–water partition coefficient (Wildman–Crippen LogP) is 0.667. The Kier molecular flexibility index (Phi) is 4.45. The molecule has 0 unspecified atom stereocenters. The molecule has 1 aromatic carbocycles. The van der Waals surface area contributed by atoms with Crippen LogP contribution < -0.4 is 11.1 Å². The van der Waals surface area contributed by atoms with E-state index in [2.05, 4.69) is 5.32 Å². The summed E-state index contributed by atoms with van der Waals surface area (Å²) in [4.78, 5) is 12.0. The van der Waals surface area contributed by atoms with Gasteiger partial charge in [0, 0.05) is 10.6 Å². The van der Waals surface area contributed by atoms with Gasteiger partial charge in [0.1, 0.15) is 6.04 Å². The molecule has 15 heavy (non-hydrogen) atoms. The number of carbonyl (C=O) groups excluding carboxylic acids is 1. The molecule has 0 saturated carbocycles. The SMILES string of the molecule is CSc1ccc(N[C@@H](CO)C(N)=O)cc1. The van der Waals surface area contributed by atoms with Gasteiger partial charge < -0.3 is 16.2 Å². The largest absolute Gasteiger partial charge is 0.394 e. The number of aliphatic hydroxyl groups is 1. The lowest BCUT2D eigenvalue weighted by Crippen LogP contribution is -2.38. The molecule has 82 valence electrons. The molecule has 0 aliphatic rings. The molecular weight excluding hydrogens is 212 g/mol. The van der Waals surface area contributed by atoms with Gasteiger partial charge >= 0.3 is 0 Å². The Morgan fingerprint density at radius 2 is 2.13 bits per heavy atom. The van der Waals surface area contributed by atoms with Crippen molar-refractivity contribution >= 4 is 23.4 Å². The van der Waals surface area contributed by atoms with Gasteiger partial charge in [-0.25, -0.2) is 0 Å².